The van der Waals surface area contributed by atoms with E-state index in [-0.39, 0.29) is 41.8 Å². The number of nitrogens with one attached hydrogen (secondary N) is 2. The standard InChI is InChI=1S/C20H17ClF3N5O2/c21-13-5-10(22)6-15-11(13)7-16(25-15)18(30)28-3-1-14-12(8-28)17(27-26-14)19(31)29-4-2-20(23,24)9-29/h5-7,25H,1-4,8-9H2,(H,26,27). The van der Waals surface area contributed by atoms with Crippen LogP contribution in [0.25, 0.3) is 10.9 Å². The van der Waals surface area contributed by atoms with Crippen molar-refractivity contribution >= 4 is 34.3 Å². The lowest BCUT2D eigenvalue weighted by molar-refractivity contribution is 0.0119. The fraction of sp³-hybridized carbons (Fsp3) is 0.350. The van der Waals surface area contributed by atoms with E-state index in [0.29, 0.717) is 35.1 Å². The molecule has 4 heterocycles. The van der Waals surface area contributed by atoms with E-state index >= 15 is 0 Å². The Morgan fingerprint density at radius 3 is 2.68 bits per heavy atom. The number of H-pyrrole nitrogens is 2. The van der Waals surface area contributed by atoms with E-state index in [4.69, 9.17) is 11.6 Å². The number of nitrogens with zero attached hydrogens (tertiary/aromatic N) is 3. The zero-order valence-corrected chi connectivity index (χ0v) is 16.9. The third-order valence-electron chi connectivity index (χ3n) is 5.76. The first kappa shape index (κ1) is 19.9. The summed E-state index contributed by atoms with van der Waals surface area (Å²) in [6.45, 7) is -0.195. The van der Waals surface area contributed by atoms with E-state index in [2.05, 4.69) is 15.2 Å². The number of alkyl halides is 2. The molecule has 162 valence electrons. The molecule has 3 aromatic rings. The first-order valence-corrected chi connectivity index (χ1v) is 10.1. The van der Waals surface area contributed by atoms with E-state index < -0.39 is 24.2 Å². The Bertz CT molecular complexity index is 1220. The van der Waals surface area contributed by atoms with Crippen molar-refractivity contribution in [2.24, 2.45) is 0 Å². The molecular formula is C20H17ClF3N5O2. The molecule has 2 aromatic heterocycles. The number of rotatable bonds is 2. The summed E-state index contributed by atoms with van der Waals surface area (Å²) in [6.07, 6.45) is 0.0621. The quantitative estimate of drug-likeness (QED) is 0.626. The molecule has 31 heavy (non-hydrogen) atoms. The van der Waals surface area contributed by atoms with Gasteiger partial charge >= 0.3 is 0 Å². The highest BCUT2D eigenvalue weighted by Gasteiger charge is 2.42. The Hall–Kier alpha value is -3.01. The van der Waals surface area contributed by atoms with Gasteiger partial charge in [0.2, 0.25) is 0 Å². The Kier molecular flexibility index (Phi) is 4.51. The lowest BCUT2D eigenvalue weighted by atomic mass is 10.0. The molecule has 1 aromatic carbocycles. The van der Waals surface area contributed by atoms with Crippen molar-refractivity contribution < 1.29 is 22.8 Å². The maximum absolute atomic E-state index is 13.6. The Morgan fingerprint density at radius 1 is 1.13 bits per heavy atom. The summed E-state index contributed by atoms with van der Waals surface area (Å²) < 4.78 is 40.6. The summed E-state index contributed by atoms with van der Waals surface area (Å²) >= 11 is 6.06. The average Bonchev–Trinajstić information content (AvgIpc) is 3.42. The molecule has 0 radical (unpaired) electrons. The van der Waals surface area contributed by atoms with Crippen molar-refractivity contribution in [3.8, 4) is 0 Å². The van der Waals surface area contributed by atoms with Crippen LogP contribution in [0.1, 0.15) is 38.7 Å². The molecule has 7 nitrogen and oxygen atoms in total. The maximum atomic E-state index is 13.6. The van der Waals surface area contributed by atoms with Crippen LogP contribution in [0.4, 0.5) is 13.2 Å². The number of fused-ring (bicyclic) bond motifs is 2. The molecule has 0 spiro atoms. The Balaban J connectivity index is 1.40. The highest BCUT2D eigenvalue weighted by molar-refractivity contribution is 6.35. The fourth-order valence-corrected chi connectivity index (χ4v) is 4.41. The van der Waals surface area contributed by atoms with Crippen LogP contribution in [0, 0.1) is 5.82 Å². The summed E-state index contributed by atoms with van der Waals surface area (Å²) in [4.78, 5) is 31.3. The van der Waals surface area contributed by atoms with E-state index in [1.165, 1.54) is 17.0 Å². The van der Waals surface area contributed by atoms with Crippen LogP contribution in [0.5, 0.6) is 0 Å². The molecule has 1 fully saturated rings. The summed E-state index contributed by atoms with van der Waals surface area (Å²) in [5.41, 5.74) is 1.94. The molecule has 0 bridgehead atoms. The van der Waals surface area contributed by atoms with Crippen LogP contribution in [-0.2, 0) is 13.0 Å². The highest BCUT2D eigenvalue weighted by Crippen LogP contribution is 2.30. The SMILES string of the molecule is O=C(c1cc2c(Cl)cc(F)cc2[nH]1)N1CCc2[nH]nc(C(=O)N3CCC(F)(F)C3)c2C1. The van der Waals surface area contributed by atoms with Crippen molar-refractivity contribution in [3.63, 3.8) is 0 Å². The van der Waals surface area contributed by atoms with E-state index in [1.54, 1.807) is 6.07 Å². The van der Waals surface area contributed by atoms with Crippen molar-refractivity contribution in [1.29, 1.82) is 0 Å². The number of carbonyl (C=O) groups excluding carboxylic acids is 2. The largest absolute Gasteiger partial charge is 0.350 e. The van der Waals surface area contributed by atoms with Gasteiger partial charge in [0.1, 0.15) is 11.5 Å². The first-order chi connectivity index (χ1) is 14.7. The zero-order chi connectivity index (χ0) is 21.9. The number of halogens is 4. The fourth-order valence-electron chi connectivity index (χ4n) is 4.15. The molecule has 2 aliphatic rings. The average molecular weight is 452 g/mol. The van der Waals surface area contributed by atoms with Crippen LogP contribution < -0.4 is 0 Å². The molecule has 0 saturated carbocycles. The molecule has 2 N–H and O–H groups in total. The van der Waals surface area contributed by atoms with Gasteiger partial charge in [0, 0.05) is 42.6 Å². The molecule has 1 saturated heterocycles. The van der Waals surface area contributed by atoms with Gasteiger partial charge in [0.15, 0.2) is 5.69 Å². The Labute approximate surface area is 179 Å². The Morgan fingerprint density at radius 2 is 1.94 bits per heavy atom. The molecular weight excluding hydrogens is 435 g/mol. The topological polar surface area (TPSA) is 85.1 Å². The molecule has 2 aliphatic heterocycles. The van der Waals surface area contributed by atoms with Gasteiger partial charge in [-0.3, -0.25) is 14.7 Å². The van der Waals surface area contributed by atoms with Crippen molar-refractivity contribution in [2.75, 3.05) is 19.6 Å². The minimum Gasteiger partial charge on any atom is -0.350 e. The number of benzene rings is 1. The van der Waals surface area contributed by atoms with Crippen molar-refractivity contribution in [2.45, 2.75) is 25.3 Å². The van der Waals surface area contributed by atoms with E-state index in [0.717, 1.165) is 4.90 Å². The number of hydrogen-bond acceptors (Lipinski definition) is 3. The van der Waals surface area contributed by atoms with Gasteiger partial charge < -0.3 is 14.8 Å². The molecule has 0 aliphatic carbocycles. The van der Waals surface area contributed by atoms with Crippen LogP contribution in [0.15, 0.2) is 18.2 Å². The number of amides is 2. The van der Waals surface area contributed by atoms with Gasteiger partial charge in [-0.1, -0.05) is 11.6 Å². The van der Waals surface area contributed by atoms with Gasteiger partial charge in [0.25, 0.3) is 17.7 Å². The van der Waals surface area contributed by atoms with Crippen molar-refractivity contribution in [1.82, 2.24) is 25.0 Å². The number of carbonyl (C=O) groups is 2. The first-order valence-electron chi connectivity index (χ1n) is 9.72. The maximum Gasteiger partial charge on any atom is 0.274 e. The minimum atomic E-state index is -2.90. The third-order valence-corrected chi connectivity index (χ3v) is 6.08. The van der Waals surface area contributed by atoms with Gasteiger partial charge in [-0.15, -0.1) is 0 Å². The van der Waals surface area contributed by atoms with Crippen LogP contribution in [0.3, 0.4) is 0 Å². The number of likely N-dealkylation sites (tertiary alicyclic amines) is 1. The summed E-state index contributed by atoms with van der Waals surface area (Å²) in [6, 6.07) is 3.98. The monoisotopic (exact) mass is 451 g/mol. The number of aromatic nitrogens is 3. The smallest absolute Gasteiger partial charge is 0.274 e. The molecule has 11 heteroatoms. The summed E-state index contributed by atoms with van der Waals surface area (Å²) in [5.74, 6) is -4.33. The predicted octanol–water partition coefficient (Wildman–Crippen LogP) is 3.36. The normalized spacial score (nSPS) is 17.9. The van der Waals surface area contributed by atoms with Crippen LogP contribution >= 0.6 is 11.6 Å². The molecule has 0 unspecified atom stereocenters. The predicted molar refractivity (Wildman–Crippen MR) is 106 cm³/mol. The number of aromatic amines is 2. The van der Waals surface area contributed by atoms with Crippen molar-refractivity contribution in [3.05, 3.63) is 51.7 Å². The molecule has 2 amide bonds. The van der Waals surface area contributed by atoms with Crippen LogP contribution in [-0.4, -0.2) is 62.4 Å². The lowest BCUT2D eigenvalue weighted by Gasteiger charge is -2.27. The zero-order valence-electron chi connectivity index (χ0n) is 16.1. The second-order valence-corrected chi connectivity index (χ2v) is 8.28. The van der Waals surface area contributed by atoms with Gasteiger partial charge in [0.05, 0.1) is 23.6 Å². The summed E-state index contributed by atoms with van der Waals surface area (Å²) in [7, 11) is 0. The van der Waals surface area contributed by atoms with Gasteiger partial charge in [-0.25, -0.2) is 13.2 Å². The number of hydrogen-bond donors (Lipinski definition) is 2. The second kappa shape index (κ2) is 7.01. The molecule has 0 atom stereocenters. The second-order valence-electron chi connectivity index (χ2n) is 7.87. The minimum absolute atomic E-state index is 0.0392. The highest BCUT2D eigenvalue weighted by atomic mass is 35.5. The third kappa shape index (κ3) is 3.44. The van der Waals surface area contributed by atoms with Gasteiger partial charge in [-0.2, -0.15) is 5.10 Å². The van der Waals surface area contributed by atoms with E-state index in [9.17, 15) is 22.8 Å². The summed E-state index contributed by atoms with van der Waals surface area (Å²) in [5, 5.41) is 7.56. The lowest BCUT2D eigenvalue weighted by Crippen LogP contribution is -2.37. The van der Waals surface area contributed by atoms with Crippen LogP contribution in [0.2, 0.25) is 5.02 Å². The molecule has 5 rings (SSSR count). The van der Waals surface area contributed by atoms with Gasteiger partial charge in [-0.05, 0) is 18.2 Å². The van der Waals surface area contributed by atoms with E-state index in [1.807, 2.05) is 0 Å².